The monoisotopic (exact) mass is 334 g/mol. The second kappa shape index (κ2) is 7.02. The van der Waals surface area contributed by atoms with Crippen molar-refractivity contribution in [2.45, 2.75) is 6.10 Å². The van der Waals surface area contributed by atoms with Crippen LogP contribution in [0.2, 0.25) is 5.02 Å². The average Bonchev–Trinajstić information content (AvgIpc) is 2.54. The van der Waals surface area contributed by atoms with Gasteiger partial charge in [-0.05, 0) is 6.07 Å². The summed E-state index contributed by atoms with van der Waals surface area (Å²) in [6, 6.07) is 11.2. The third kappa shape index (κ3) is 3.73. The van der Waals surface area contributed by atoms with Crippen LogP contribution in [0.4, 0.5) is 5.69 Å². The molecule has 120 valence electrons. The van der Waals surface area contributed by atoms with E-state index in [-0.39, 0.29) is 22.0 Å². The van der Waals surface area contributed by atoms with Crippen LogP contribution in [0.5, 0.6) is 5.75 Å². The third-order valence-corrected chi connectivity index (χ3v) is 3.45. The molecule has 0 aromatic heterocycles. The fourth-order valence-electron chi connectivity index (χ4n) is 1.99. The molecule has 0 aliphatic rings. The van der Waals surface area contributed by atoms with Crippen LogP contribution < -0.4 is 16.2 Å². The highest BCUT2D eigenvalue weighted by molar-refractivity contribution is 6.33. The van der Waals surface area contributed by atoms with E-state index < -0.39 is 18.0 Å². The molecule has 2 aromatic rings. The van der Waals surface area contributed by atoms with Crippen molar-refractivity contribution in [3.63, 3.8) is 0 Å². The smallest absolute Gasteiger partial charge is 0.343 e. The number of amides is 1. The molecule has 4 N–H and O–H groups in total. The van der Waals surface area contributed by atoms with Gasteiger partial charge in [-0.15, -0.1) is 0 Å². The van der Waals surface area contributed by atoms with Crippen LogP contribution in [0.3, 0.4) is 0 Å². The lowest BCUT2D eigenvalue weighted by molar-refractivity contribution is -0.127. The Morgan fingerprint density at radius 3 is 2.39 bits per heavy atom. The summed E-state index contributed by atoms with van der Waals surface area (Å²) in [5.74, 6) is -1.39. The number of carbonyl (C=O) groups excluding carboxylic acids is 2. The molecule has 0 saturated heterocycles. The minimum Gasteiger partial charge on any atom is -0.496 e. The molecule has 23 heavy (non-hydrogen) atoms. The van der Waals surface area contributed by atoms with Crippen molar-refractivity contribution in [2.75, 3.05) is 12.8 Å². The molecule has 1 unspecified atom stereocenters. The maximum absolute atomic E-state index is 12.4. The molecule has 0 heterocycles. The summed E-state index contributed by atoms with van der Waals surface area (Å²) in [5.41, 5.74) is 11.8. The van der Waals surface area contributed by atoms with Gasteiger partial charge in [0.25, 0.3) is 5.91 Å². The highest BCUT2D eigenvalue weighted by atomic mass is 35.5. The number of anilines is 1. The maximum Gasteiger partial charge on any atom is 0.343 e. The number of methoxy groups -OCH3 is 1. The van der Waals surface area contributed by atoms with Gasteiger partial charge in [-0.25, -0.2) is 4.79 Å². The number of carbonyl (C=O) groups is 2. The topological polar surface area (TPSA) is 105 Å². The molecule has 0 aliphatic heterocycles. The highest BCUT2D eigenvalue weighted by Gasteiger charge is 2.25. The second-order valence-corrected chi connectivity index (χ2v) is 5.08. The molecule has 0 fully saturated rings. The lowest BCUT2D eigenvalue weighted by atomic mass is 10.1. The van der Waals surface area contributed by atoms with E-state index in [0.717, 1.165) is 0 Å². The van der Waals surface area contributed by atoms with Crippen molar-refractivity contribution in [1.82, 2.24) is 0 Å². The zero-order chi connectivity index (χ0) is 17.0. The molecule has 1 atom stereocenters. The molecule has 0 spiro atoms. The van der Waals surface area contributed by atoms with Crippen molar-refractivity contribution in [3.05, 3.63) is 58.6 Å². The summed E-state index contributed by atoms with van der Waals surface area (Å²) in [7, 11) is 1.38. The number of esters is 1. The molecule has 6 nitrogen and oxygen atoms in total. The fourth-order valence-corrected chi connectivity index (χ4v) is 2.15. The van der Waals surface area contributed by atoms with Gasteiger partial charge in [-0.3, -0.25) is 4.79 Å². The second-order valence-electron chi connectivity index (χ2n) is 4.67. The fraction of sp³-hybridized carbons (Fsp3) is 0.125. The van der Waals surface area contributed by atoms with E-state index in [1.165, 1.54) is 19.2 Å². The minimum atomic E-state index is -1.22. The molecule has 2 rings (SSSR count). The molecule has 2 aromatic carbocycles. The number of benzene rings is 2. The number of ether oxygens (including phenoxy) is 2. The molecule has 1 amide bonds. The van der Waals surface area contributed by atoms with Crippen molar-refractivity contribution >= 4 is 29.2 Å². The summed E-state index contributed by atoms with van der Waals surface area (Å²) < 4.78 is 10.3. The van der Waals surface area contributed by atoms with Crippen molar-refractivity contribution in [3.8, 4) is 5.75 Å². The van der Waals surface area contributed by atoms with Crippen molar-refractivity contribution in [1.29, 1.82) is 0 Å². The molecular formula is C16H15ClN2O4. The standard InChI is InChI=1S/C16H15ClN2O4/c1-22-13-8-12(18)11(17)7-10(13)16(21)23-14(15(19)20)9-5-3-2-4-6-9/h2-8,14H,18H2,1H3,(H2,19,20). The van der Waals surface area contributed by atoms with Gasteiger partial charge in [-0.1, -0.05) is 41.9 Å². The normalized spacial score (nSPS) is 11.6. The Bertz CT molecular complexity index is 734. The Kier molecular flexibility index (Phi) is 5.08. The van der Waals surface area contributed by atoms with Gasteiger partial charge in [0.05, 0.1) is 17.8 Å². The Hall–Kier alpha value is -2.73. The van der Waals surface area contributed by atoms with E-state index in [1.807, 2.05) is 0 Å². The molecular weight excluding hydrogens is 320 g/mol. The quantitative estimate of drug-likeness (QED) is 0.645. The average molecular weight is 335 g/mol. The van der Waals surface area contributed by atoms with Crippen LogP contribution in [-0.2, 0) is 9.53 Å². The Labute approximate surface area is 137 Å². The predicted octanol–water partition coefficient (Wildman–Crippen LogP) is 2.31. The first-order chi connectivity index (χ1) is 10.9. The van der Waals surface area contributed by atoms with Crippen LogP contribution >= 0.6 is 11.6 Å². The maximum atomic E-state index is 12.4. The zero-order valence-corrected chi connectivity index (χ0v) is 13.0. The molecule has 0 saturated carbocycles. The molecule has 0 bridgehead atoms. The van der Waals surface area contributed by atoms with E-state index in [1.54, 1.807) is 30.3 Å². The first-order valence-electron chi connectivity index (χ1n) is 6.62. The summed E-state index contributed by atoms with van der Waals surface area (Å²) in [5, 5.41) is 0.174. The molecule has 0 aliphatic carbocycles. The van der Waals surface area contributed by atoms with Gasteiger partial charge in [0, 0.05) is 11.6 Å². The summed E-state index contributed by atoms with van der Waals surface area (Å²) in [6.07, 6.45) is -1.22. The van der Waals surface area contributed by atoms with Gasteiger partial charge in [0.2, 0.25) is 6.10 Å². The van der Waals surface area contributed by atoms with Gasteiger partial charge in [0.1, 0.15) is 11.3 Å². The van der Waals surface area contributed by atoms with E-state index in [0.29, 0.717) is 5.56 Å². The van der Waals surface area contributed by atoms with Crippen molar-refractivity contribution in [2.24, 2.45) is 5.73 Å². The lowest BCUT2D eigenvalue weighted by Crippen LogP contribution is -2.26. The SMILES string of the molecule is COc1cc(N)c(Cl)cc1C(=O)OC(C(N)=O)c1ccccc1. The van der Waals surface area contributed by atoms with Crippen LogP contribution in [0.1, 0.15) is 22.0 Å². The first-order valence-corrected chi connectivity index (χ1v) is 7.00. The van der Waals surface area contributed by atoms with Crippen LogP contribution in [0, 0.1) is 0 Å². The molecule has 0 radical (unpaired) electrons. The number of primary amides is 1. The largest absolute Gasteiger partial charge is 0.496 e. The van der Waals surface area contributed by atoms with Crippen molar-refractivity contribution < 1.29 is 19.1 Å². The summed E-state index contributed by atoms with van der Waals surface area (Å²) in [4.78, 5) is 24.0. The number of nitrogen functional groups attached to an aromatic ring is 1. The Balaban J connectivity index is 2.33. The van der Waals surface area contributed by atoms with Crippen LogP contribution in [0.15, 0.2) is 42.5 Å². The summed E-state index contributed by atoms with van der Waals surface area (Å²) in [6.45, 7) is 0. The van der Waals surface area contributed by atoms with Crippen LogP contribution in [0.25, 0.3) is 0 Å². The number of hydrogen-bond donors (Lipinski definition) is 2. The predicted molar refractivity (Wildman–Crippen MR) is 86.2 cm³/mol. The number of hydrogen-bond acceptors (Lipinski definition) is 5. The molecule has 7 heteroatoms. The minimum absolute atomic E-state index is 0.0499. The number of nitrogens with two attached hydrogens (primary N) is 2. The van der Waals surface area contributed by atoms with Gasteiger partial charge < -0.3 is 20.9 Å². The Morgan fingerprint density at radius 1 is 1.17 bits per heavy atom. The number of rotatable bonds is 5. The van der Waals surface area contributed by atoms with Crippen LogP contribution in [-0.4, -0.2) is 19.0 Å². The lowest BCUT2D eigenvalue weighted by Gasteiger charge is -2.16. The van der Waals surface area contributed by atoms with E-state index in [4.69, 9.17) is 32.5 Å². The third-order valence-electron chi connectivity index (χ3n) is 3.12. The van der Waals surface area contributed by atoms with E-state index in [9.17, 15) is 9.59 Å². The van der Waals surface area contributed by atoms with Gasteiger partial charge >= 0.3 is 5.97 Å². The Morgan fingerprint density at radius 2 is 1.83 bits per heavy atom. The zero-order valence-electron chi connectivity index (χ0n) is 12.3. The van der Waals surface area contributed by atoms with E-state index in [2.05, 4.69) is 0 Å². The first kappa shape index (κ1) is 16.6. The van der Waals surface area contributed by atoms with Gasteiger partial charge in [-0.2, -0.15) is 0 Å². The van der Waals surface area contributed by atoms with Gasteiger partial charge in [0.15, 0.2) is 0 Å². The number of halogens is 1. The summed E-state index contributed by atoms with van der Waals surface area (Å²) >= 11 is 5.92. The van der Waals surface area contributed by atoms with E-state index >= 15 is 0 Å². The highest BCUT2D eigenvalue weighted by Crippen LogP contribution is 2.30.